The van der Waals surface area contributed by atoms with Crippen molar-refractivity contribution in [2.24, 2.45) is 5.41 Å². The molecule has 0 atom stereocenters. The SMILES string of the molecule is [2H]C([2H])([2H])c1cnc(-c2[c-]cccc2)cc1C([2H])([2H])[Si](C)(C)C.[2H]C1(c2cc(C(C)C)c(-n3c(-c4[c-]ccc5c4oc4c5ccc5c6ccc(C(C)(C)C)cc6oc54)nc4ccccc43)c(C(C)C)c2)CCC(C)(C)CC1.[Ir]. The minimum atomic E-state index is -2.39. The summed E-state index contributed by atoms with van der Waals surface area (Å²) >= 11 is 0. The van der Waals surface area contributed by atoms with Crippen molar-refractivity contribution in [2.75, 3.05) is 0 Å². The van der Waals surface area contributed by atoms with Gasteiger partial charge in [-0.3, -0.25) is 4.98 Å². The van der Waals surface area contributed by atoms with Crippen molar-refractivity contribution in [3.8, 4) is 28.3 Å². The minimum Gasteiger partial charge on any atom is -0.497 e. The van der Waals surface area contributed by atoms with Gasteiger partial charge in [0.25, 0.3) is 0 Å². The van der Waals surface area contributed by atoms with Gasteiger partial charge in [-0.1, -0.05) is 147 Å². The van der Waals surface area contributed by atoms with Gasteiger partial charge in [0.05, 0.1) is 22.4 Å². The van der Waals surface area contributed by atoms with Crippen LogP contribution >= 0.6 is 0 Å². The molecule has 72 heavy (non-hydrogen) atoms. The first-order chi connectivity index (χ1) is 36.1. The molecule has 6 aromatic carbocycles. The average Bonchev–Trinajstić information content (AvgIpc) is 4.28. The summed E-state index contributed by atoms with van der Waals surface area (Å²) in [5, 5.41) is 4.16. The first-order valence-corrected chi connectivity index (χ1v) is 29.0. The van der Waals surface area contributed by atoms with Crippen LogP contribution in [-0.2, 0) is 31.5 Å². The van der Waals surface area contributed by atoms with Gasteiger partial charge in [0.1, 0.15) is 5.58 Å². The summed E-state index contributed by atoms with van der Waals surface area (Å²) in [5.41, 5.74) is 13.7. The molecule has 4 aromatic heterocycles. The summed E-state index contributed by atoms with van der Waals surface area (Å²) < 4.78 is 65.9. The average molecular weight is 1150 g/mol. The number of fused-ring (bicyclic) bond motifs is 8. The predicted molar refractivity (Wildman–Crippen MR) is 302 cm³/mol. The van der Waals surface area contributed by atoms with Crippen LogP contribution in [0.5, 0.6) is 0 Å². The van der Waals surface area contributed by atoms with Crippen molar-refractivity contribution >= 4 is 63.0 Å². The van der Waals surface area contributed by atoms with E-state index in [-0.39, 0.29) is 53.9 Å². The van der Waals surface area contributed by atoms with Gasteiger partial charge in [-0.15, -0.1) is 54.1 Å². The molecule has 1 aliphatic carbocycles. The molecule has 1 fully saturated rings. The largest absolute Gasteiger partial charge is 0.497 e. The Morgan fingerprint density at radius 2 is 1.44 bits per heavy atom. The molecule has 0 spiro atoms. The molecule has 1 radical (unpaired) electrons. The summed E-state index contributed by atoms with van der Waals surface area (Å²) in [4.78, 5) is 9.59. The smallest absolute Gasteiger partial charge is 0.177 e. The Morgan fingerprint density at radius 1 is 0.792 bits per heavy atom. The molecule has 11 rings (SSSR count). The van der Waals surface area contributed by atoms with Gasteiger partial charge >= 0.3 is 0 Å². The summed E-state index contributed by atoms with van der Waals surface area (Å²) in [6.07, 6.45) is 5.19. The molecule has 0 aliphatic heterocycles. The van der Waals surface area contributed by atoms with E-state index in [0.717, 1.165) is 109 Å². The zero-order valence-electron chi connectivity index (χ0n) is 49.9. The molecule has 0 saturated heterocycles. The third-order valence-corrected chi connectivity index (χ3v) is 15.4. The number of hydrogen-bond donors (Lipinski definition) is 0. The van der Waals surface area contributed by atoms with E-state index in [1.54, 1.807) is 12.1 Å². The van der Waals surface area contributed by atoms with Crippen LogP contribution in [0.3, 0.4) is 0 Å². The van der Waals surface area contributed by atoms with Gasteiger partial charge in [0.15, 0.2) is 11.2 Å². The van der Waals surface area contributed by atoms with E-state index in [4.69, 9.17) is 20.7 Å². The number of rotatable bonds is 8. The van der Waals surface area contributed by atoms with Gasteiger partial charge in [-0.25, -0.2) is 0 Å². The zero-order chi connectivity index (χ0) is 55.4. The van der Waals surface area contributed by atoms with Crippen molar-refractivity contribution in [3.05, 3.63) is 161 Å². The number of furan rings is 2. The molecule has 4 heterocycles. The Labute approximate surface area is 450 Å². The number of aryl methyl sites for hydroxylation is 1. The monoisotopic (exact) mass is 1150 g/mol. The van der Waals surface area contributed by atoms with Crippen LogP contribution in [-0.4, -0.2) is 22.6 Å². The van der Waals surface area contributed by atoms with E-state index in [0.29, 0.717) is 5.69 Å². The summed E-state index contributed by atoms with van der Waals surface area (Å²) in [6, 6.07) is 43.6. The Kier molecular flexibility index (Phi) is 12.0. The third-order valence-electron chi connectivity index (χ3n) is 14.3. The van der Waals surface area contributed by atoms with Crippen molar-refractivity contribution < 1.29 is 37.2 Å². The van der Waals surface area contributed by atoms with Crippen molar-refractivity contribution in [2.45, 2.75) is 144 Å². The molecular formula is C65H71IrN3O2Si-2. The molecule has 5 nitrogen and oxygen atoms in total. The second-order valence-electron chi connectivity index (χ2n) is 23.2. The van der Waals surface area contributed by atoms with E-state index in [1.807, 2.05) is 43.9 Å². The Balaban J connectivity index is 0.000000260. The third kappa shape index (κ3) is 9.94. The van der Waals surface area contributed by atoms with E-state index >= 15 is 0 Å². The molecule has 1 aliphatic rings. The molecule has 0 unspecified atom stereocenters. The zero-order valence-corrected chi connectivity index (χ0v) is 47.3. The molecule has 7 heteroatoms. The fourth-order valence-electron chi connectivity index (χ4n) is 10.3. The molecule has 1 saturated carbocycles. The van der Waals surface area contributed by atoms with Crippen LogP contribution in [0.15, 0.2) is 124 Å². The van der Waals surface area contributed by atoms with E-state index < -0.39 is 26.8 Å². The molecule has 0 amide bonds. The first kappa shape index (κ1) is 43.9. The summed E-state index contributed by atoms with van der Waals surface area (Å²) in [5.74, 6) is -1.02. The normalized spacial score (nSPS) is 16.5. The van der Waals surface area contributed by atoms with Crippen LogP contribution in [0.25, 0.3) is 83.2 Å². The molecule has 373 valence electrons. The number of benzene rings is 6. The Hall–Kier alpha value is -5.59. The predicted octanol–water partition coefficient (Wildman–Crippen LogP) is 18.8. The molecular weight excluding hydrogens is 1080 g/mol. The summed E-state index contributed by atoms with van der Waals surface area (Å²) in [7, 11) is -2.31. The van der Waals surface area contributed by atoms with E-state index in [1.165, 1.54) is 22.9 Å². The minimum absolute atomic E-state index is 0. The van der Waals surface area contributed by atoms with Gasteiger partial charge in [-0.05, 0) is 125 Å². The molecule has 10 aromatic rings. The maximum atomic E-state index is 9.80. The van der Waals surface area contributed by atoms with Crippen molar-refractivity contribution in [1.82, 2.24) is 14.5 Å². The van der Waals surface area contributed by atoms with E-state index in [9.17, 15) is 1.37 Å². The van der Waals surface area contributed by atoms with Gasteiger partial charge in [0, 0.05) is 64.4 Å². The summed E-state index contributed by atoms with van der Waals surface area (Å²) in [6.45, 7) is 23.8. The standard InChI is InChI=1S/C49H51N2O2.C16H20NSi.Ir/c1-28(2)38-25-31(30-21-23-49(8,9)24-22-30)26-39(29(3)4)43(38)51-41-16-11-10-15-40(41)50-47(51)37-14-12-13-34-36-20-19-35-33-18-17-32(48(5,6)7)27-42(33)52-45(35)46(36)53-44(34)37;1-13-11-17-16(14-8-6-5-7-9-14)10-15(13)12-18(2,3)4;/h10-13,15-20,25-30H,21-24H2,1-9H3;5-8,10-11H,12H2,1-4H3;/q2*-1;/i30D;1D3,12D2;. The molecule has 0 N–H and O–H groups in total. The van der Waals surface area contributed by atoms with Gasteiger partial charge in [0.2, 0.25) is 0 Å². The van der Waals surface area contributed by atoms with Crippen LogP contribution in [0, 0.1) is 24.4 Å². The second-order valence-corrected chi connectivity index (χ2v) is 27.9. The van der Waals surface area contributed by atoms with Crippen LogP contribution in [0.4, 0.5) is 0 Å². The number of pyridine rings is 1. The van der Waals surface area contributed by atoms with Crippen molar-refractivity contribution in [3.63, 3.8) is 0 Å². The Morgan fingerprint density at radius 3 is 2.10 bits per heavy atom. The maximum Gasteiger partial charge on any atom is 0.177 e. The van der Waals surface area contributed by atoms with Crippen molar-refractivity contribution in [1.29, 1.82) is 0 Å². The van der Waals surface area contributed by atoms with Gasteiger partial charge < -0.3 is 18.4 Å². The second kappa shape index (κ2) is 19.7. The quantitative estimate of drug-likeness (QED) is 0.112. The van der Waals surface area contributed by atoms with Gasteiger partial charge in [-0.2, -0.15) is 0 Å². The first-order valence-electron chi connectivity index (χ1n) is 28.5. The number of aromatic nitrogens is 3. The number of imidazole rings is 1. The van der Waals surface area contributed by atoms with Crippen LogP contribution in [0.2, 0.25) is 19.6 Å². The van der Waals surface area contributed by atoms with E-state index in [2.05, 4.69) is 157 Å². The number of para-hydroxylation sites is 2. The topological polar surface area (TPSA) is 57.0 Å². The van der Waals surface area contributed by atoms with Crippen LogP contribution in [0.1, 0.15) is 147 Å². The maximum absolute atomic E-state index is 9.80. The number of nitrogens with zero attached hydrogens (tertiary/aromatic N) is 3. The fraction of sp³-hybridized carbons (Fsp3) is 0.354. The Bertz CT molecular complexity index is 3840. The molecule has 0 bridgehead atoms. The fourth-order valence-corrected chi connectivity index (χ4v) is 11.3. The van der Waals surface area contributed by atoms with Crippen LogP contribution < -0.4 is 0 Å². The number of hydrogen-bond acceptors (Lipinski definition) is 4.